The Labute approximate surface area is 87.4 Å². The fraction of sp³-hybridized carbons (Fsp3) is 1.00. The molecule has 0 saturated heterocycles. The Morgan fingerprint density at radius 2 is 1.86 bits per heavy atom. The lowest BCUT2D eigenvalue weighted by atomic mass is 9.87. The van der Waals surface area contributed by atoms with Crippen LogP contribution in [0.4, 0.5) is 0 Å². The molecule has 0 aliphatic heterocycles. The van der Waals surface area contributed by atoms with Gasteiger partial charge in [-0.3, -0.25) is 11.3 Å². The third-order valence-corrected chi connectivity index (χ3v) is 3.42. The van der Waals surface area contributed by atoms with Gasteiger partial charge < -0.3 is 4.74 Å². The summed E-state index contributed by atoms with van der Waals surface area (Å²) in [6.07, 6.45) is 7.51. The highest BCUT2D eigenvalue weighted by Crippen LogP contribution is 2.33. The minimum atomic E-state index is -0.0139. The molecule has 3 N–H and O–H groups in total. The van der Waals surface area contributed by atoms with Gasteiger partial charge in [-0.2, -0.15) is 0 Å². The predicted octanol–water partition coefficient (Wildman–Crippen LogP) is 1.97. The van der Waals surface area contributed by atoms with Crippen molar-refractivity contribution in [2.45, 2.75) is 64.0 Å². The van der Waals surface area contributed by atoms with Crippen molar-refractivity contribution in [1.29, 1.82) is 0 Å². The van der Waals surface area contributed by atoms with E-state index in [0.29, 0.717) is 0 Å². The first kappa shape index (κ1) is 12.0. The van der Waals surface area contributed by atoms with Gasteiger partial charge in [-0.05, 0) is 26.7 Å². The summed E-state index contributed by atoms with van der Waals surface area (Å²) in [5.41, 5.74) is 2.85. The average molecular weight is 200 g/mol. The Hall–Kier alpha value is -0.120. The maximum Gasteiger partial charge on any atom is 0.0845 e. The number of nitrogens with two attached hydrogens (primary N) is 1. The van der Waals surface area contributed by atoms with Crippen LogP contribution in [0.25, 0.3) is 0 Å². The Bertz CT molecular complexity index is 153. The molecule has 0 spiro atoms. The van der Waals surface area contributed by atoms with E-state index in [9.17, 15) is 0 Å². The monoisotopic (exact) mass is 200 g/mol. The summed E-state index contributed by atoms with van der Waals surface area (Å²) < 4.78 is 5.96. The van der Waals surface area contributed by atoms with Crippen LogP contribution in [0.3, 0.4) is 0 Å². The van der Waals surface area contributed by atoms with Crippen LogP contribution >= 0.6 is 0 Å². The van der Waals surface area contributed by atoms with Crippen LogP contribution in [0, 0.1) is 0 Å². The normalized spacial score (nSPS) is 24.2. The molecule has 0 heterocycles. The smallest absolute Gasteiger partial charge is 0.0845 e. The van der Waals surface area contributed by atoms with Crippen LogP contribution in [-0.2, 0) is 4.74 Å². The Morgan fingerprint density at radius 1 is 1.29 bits per heavy atom. The molecular weight excluding hydrogens is 176 g/mol. The predicted molar refractivity (Wildman–Crippen MR) is 58.8 cm³/mol. The van der Waals surface area contributed by atoms with E-state index in [1.165, 1.54) is 25.7 Å². The molecule has 1 aliphatic rings. The van der Waals surface area contributed by atoms with Gasteiger partial charge in [0, 0.05) is 12.6 Å². The number of ether oxygens (including phenoxy) is 1. The van der Waals surface area contributed by atoms with Gasteiger partial charge in [0.2, 0.25) is 0 Å². The Morgan fingerprint density at radius 3 is 2.29 bits per heavy atom. The second kappa shape index (κ2) is 5.69. The highest BCUT2D eigenvalue weighted by Gasteiger charge is 2.36. The summed E-state index contributed by atoms with van der Waals surface area (Å²) in [5.74, 6) is 5.54. The highest BCUT2D eigenvalue weighted by atomic mass is 16.5. The third-order valence-electron chi connectivity index (χ3n) is 3.42. The summed E-state index contributed by atoms with van der Waals surface area (Å²) in [4.78, 5) is 0. The van der Waals surface area contributed by atoms with Crippen molar-refractivity contribution in [3.8, 4) is 0 Å². The maximum atomic E-state index is 5.96. The molecular formula is C11H24N2O. The molecule has 0 amide bonds. The van der Waals surface area contributed by atoms with Crippen LogP contribution in [0.2, 0.25) is 0 Å². The molecule has 3 nitrogen and oxygen atoms in total. The van der Waals surface area contributed by atoms with Crippen molar-refractivity contribution in [2.24, 2.45) is 5.84 Å². The molecule has 0 aromatic carbocycles. The van der Waals surface area contributed by atoms with E-state index in [2.05, 4.69) is 19.3 Å². The molecule has 0 aromatic rings. The zero-order valence-corrected chi connectivity index (χ0v) is 9.51. The van der Waals surface area contributed by atoms with E-state index in [1.807, 2.05) is 0 Å². The molecule has 1 unspecified atom stereocenters. The van der Waals surface area contributed by atoms with Crippen molar-refractivity contribution in [1.82, 2.24) is 5.43 Å². The molecule has 0 radical (unpaired) electrons. The minimum absolute atomic E-state index is 0.0139. The summed E-state index contributed by atoms with van der Waals surface area (Å²) in [6.45, 7) is 4.98. The first-order valence-corrected chi connectivity index (χ1v) is 5.85. The van der Waals surface area contributed by atoms with Crippen molar-refractivity contribution in [2.75, 3.05) is 6.61 Å². The lowest BCUT2D eigenvalue weighted by Gasteiger charge is -2.38. The van der Waals surface area contributed by atoms with Crippen molar-refractivity contribution < 1.29 is 4.74 Å². The van der Waals surface area contributed by atoms with E-state index in [4.69, 9.17) is 10.6 Å². The van der Waals surface area contributed by atoms with E-state index in [-0.39, 0.29) is 11.6 Å². The van der Waals surface area contributed by atoms with Gasteiger partial charge in [0.15, 0.2) is 0 Å². The van der Waals surface area contributed by atoms with Gasteiger partial charge in [-0.15, -0.1) is 0 Å². The van der Waals surface area contributed by atoms with Crippen LogP contribution < -0.4 is 11.3 Å². The van der Waals surface area contributed by atoms with Gasteiger partial charge >= 0.3 is 0 Å². The summed E-state index contributed by atoms with van der Waals surface area (Å²) >= 11 is 0. The van der Waals surface area contributed by atoms with Gasteiger partial charge in [-0.1, -0.05) is 25.7 Å². The van der Waals surface area contributed by atoms with E-state index in [0.717, 1.165) is 19.4 Å². The zero-order chi connectivity index (χ0) is 10.4. The fourth-order valence-corrected chi connectivity index (χ4v) is 2.47. The molecule has 84 valence electrons. The third kappa shape index (κ3) is 2.69. The first-order chi connectivity index (χ1) is 6.75. The number of hydrogen-bond donors (Lipinski definition) is 2. The van der Waals surface area contributed by atoms with Crippen LogP contribution in [0.15, 0.2) is 0 Å². The number of hydrazine groups is 1. The molecule has 1 aliphatic carbocycles. The topological polar surface area (TPSA) is 47.3 Å². The first-order valence-electron chi connectivity index (χ1n) is 5.85. The lowest BCUT2D eigenvalue weighted by Crippen LogP contribution is -2.53. The van der Waals surface area contributed by atoms with Crippen molar-refractivity contribution >= 4 is 0 Å². The maximum absolute atomic E-state index is 5.96. The Balaban J connectivity index is 2.66. The van der Waals surface area contributed by atoms with Crippen LogP contribution in [0.1, 0.15) is 52.4 Å². The second-order valence-electron chi connectivity index (χ2n) is 4.30. The molecule has 0 aromatic heterocycles. The van der Waals surface area contributed by atoms with Gasteiger partial charge in [0.05, 0.1) is 5.60 Å². The highest BCUT2D eigenvalue weighted by molar-refractivity contribution is 4.91. The van der Waals surface area contributed by atoms with Crippen molar-refractivity contribution in [3.63, 3.8) is 0 Å². The van der Waals surface area contributed by atoms with E-state index < -0.39 is 0 Å². The number of nitrogens with one attached hydrogen (secondary N) is 1. The van der Waals surface area contributed by atoms with Crippen LogP contribution in [-0.4, -0.2) is 18.2 Å². The SMILES string of the molecule is CCOC1(C(C)NN)CCCCCC1. The molecule has 1 atom stereocenters. The Kier molecular flexibility index (Phi) is 4.85. The zero-order valence-electron chi connectivity index (χ0n) is 9.51. The molecule has 1 rings (SSSR count). The number of rotatable bonds is 4. The standard InChI is InChI=1S/C11H24N2O/c1-3-14-11(10(2)13-12)8-6-4-5-7-9-11/h10,13H,3-9,12H2,1-2H3. The van der Waals surface area contributed by atoms with Gasteiger partial charge in [-0.25, -0.2) is 0 Å². The van der Waals surface area contributed by atoms with Crippen LogP contribution in [0.5, 0.6) is 0 Å². The summed E-state index contributed by atoms with van der Waals surface area (Å²) in [7, 11) is 0. The molecule has 3 heteroatoms. The fourth-order valence-electron chi connectivity index (χ4n) is 2.47. The largest absolute Gasteiger partial charge is 0.374 e. The summed E-state index contributed by atoms with van der Waals surface area (Å²) in [5, 5.41) is 0. The van der Waals surface area contributed by atoms with Crippen molar-refractivity contribution in [3.05, 3.63) is 0 Å². The second-order valence-corrected chi connectivity index (χ2v) is 4.30. The molecule has 1 saturated carbocycles. The van der Waals surface area contributed by atoms with E-state index in [1.54, 1.807) is 0 Å². The quantitative estimate of drug-likeness (QED) is 0.414. The van der Waals surface area contributed by atoms with Gasteiger partial charge in [0.25, 0.3) is 0 Å². The summed E-state index contributed by atoms with van der Waals surface area (Å²) in [6, 6.07) is 0.251. The van der Waals surface area contributed by atoms with Gasteiger partial charge in [0.1, 0.15) is 0 Å². The number of hydrogen-bond acceptors (Lipinski definition) is 3. The minimum Gasteiger partial charge on any atom is -0.374 e. The lowest BCUT2D eigenvalue weighted by molar-refractivity contribution is -0.0727. The van der Waals surface area contributed by atoms with E-state index >= 15 is 0 Å². The molecule has 14 heavy (non-hydrogen) atoms. The molecule has 0 bridgehead atoms. The average Bonchev–Trinajstić information content (AvgIpc) is 2.44. The molecule has 1 fully saturated rings.